The monoisotopic (exact) mass is 432 g/mol. The van der Waals surface area contributed by atoms with Gasteiger partial charge in [0, 0.05) is 49.1 Å². The van der Waals surface area contributed by atoms with E-state index >= 15 is 0 Å². The van der Waals surface area contributed by atoms with Gasteiger partial charge in [-0.1, -0.05) is 43.2 Å². The summed E-state index contributed by atoms with van der Waals surface area (Å²) in [4.78, 5) is 39.4. The lowest BCUT2D eigenvalue weighted by Gasteiger charge is -2.30. The molecule has 0 N–H and O–H groups in total. The van der Waals surface area contributed by atoms with E-state index in [1.807, 2.05) is 34.9 Å². The van der Waals surface area contributed by atoms with Crippen LogP contribution in [0.15, 0.2) is 30.3 Å². The Morgan fingerprint density at radius 3 is 2.62 bits per heavy atom. The van der Waals surface area contributed by atoms with Gasteiger partial charge in [-0.05, 0) is 44.6 Å². The SMILES string of the molecule is Cc1nc([C@H]2CCN(C(=O)C3CCCC3)C2)nc2c1CCC(=O)N2CCc1ccccc1. The van der Waals surface area contributed by atoms with Crippen LogP contribution < -0.4 is 4.90 Å². The summed E-state index contributed by atoms with van der Waals surface area (Å²) in [6, 6.07) is 10.3. The van der Waals surface area contributed by atoms with Crippen molar-refractivity contribution >= 4 is 17.6 Å². The molecule has 3 aliphatic rings. The number of anilines is 1. The molecular weight excluding hydrogens is 400 g/mol. The molecule has 32 heavy (non-hydrogen) atoms. The van der Waals surface area contributed by atoms with Gasteiger partial charge in [0.25, 0.3) is 0 Å². The number of likely N-dealkylation sites (tertiary alicyclic amines) is 1. The van der Waals surface area contributed by atoms with Crippen LogP contribution in [0.3, 0.4) is 0 Å². The minimum Gasteiger partial charge on any atom is -0.342 e. The Morgan fingerprint density at radius 1 is 1.06 bits per heavy atom. The van der Waals surface area contributed by atoms with Gasteiger partial charge < -0.3 is 4.90 Å². The molecule has 2 aliphatic heterocycles. The molecule has 1 aromatic heterocycles. The fourth-order valence-electron chi connectivity index (χ4n) is 5.50. The van der Waals surface area contributed by atoms with E-state index in [0.29, 0.717) is 31.8 Å². The molecule has 2 aromatic rings. The zero-order chi connectivity index (χ0) is 22.1. The van der Waals surface area contributed by atoms with Crippen LogP contribution in [0.25, 0.3) is 0 Å². The van der Waals surface area contributed by atoms with Crippen molar-refractivity contribution in [1.29, 1.82) is 0 Å². The molecule has 5 rings (SSSR count). The predicted octanol–water partition coefficient (Wildman–Crippen LogP) is 3.81. The van der Waals surface area contributed by atoms with E-state index in [1.54, 1.807) is 0 Å². The number of fused-ring (bicyclic) bond motifs is 1. The Kier molecular flexibility index (Phi) is 5.94. The summed E-state index contributed by atoms with van der Waals surface area (Å²) in [5, 5.41) is 0. The summed E-state index contributed by atoms with van der Waals surface area (Å²) in [6.07, 6.45) is 7.34. The molecule has 2 fully saturated rings. The Labute approximate surface area is 190 Å². The summed E-state index contributed by atoms with van der Waals surface area (Å²) in [6.45, 7) is 4.15. The zero-order valence-electron chi connectivity index (χ0n) is 18.9. The normalized spacial score (nSPS) is 21.3. The smallest absolute Gasteiger partial charge is 0.228 e. The van der Waals surface area contributed by atoms with E-state index in [4.69, 9.17) is 9.97 Å². The van der Waals surface area contributed by atoms with Crippen molar-refractivity contribution in [3.8, 4) is 0 Å². The first-order valence-electron chi connectivity index (χ1n) is 12.1. The first-order valence-corrected chi connectivity index (χ1v) is 12.1. The van der Waals surface area contributed by atoms with Gasteiger partial charge in [-0.3, -0.25) is 14.5 Å². The van der Waals surface area contributed by atoms with Crippen molar-refractivity contribution in [2.45, 2.75) is 64.2 Å². The number of aryl methyl sites for hydroxylation is 1. The van der Waals surface area contributed by atoms with Crippen molar-refractivity contribution < 1.29 is 9.59 Å². The quantitative estimate of drug-likeness (QED) is 0.721. The number of benzene rings is 1. The van der Waals surface area contributed by atoms with Crippen LogP contribution in [-0.2, 0) is 22.4 Å². The van der Waals surface area contributed by atoms with E-state index in [0.717, 1.165) is 55.1 Å². The molecule has 0 bridgehead atoms. The fourth-order valence-corrected chi connectivity index (χ4v) is 5.50. The second-order valence-electron chi connectivity index (χ2n) is 9.50. The Bertz CT molecular complexity index is 1000. The number of carbonyl (C=O) groups excluding carboxylic acids is 2. The third kappa shape index (κ3) is 4.15. The molecule has 3 heterocycles. The van der Waals surface area contributed by atoms with Crippen LogP contribution in [0.4, 0.5) is 5.82 Å². The molecule has 2 amide bonds. The summed E-state index contributed by atoms with van der Waals surface area (Å²) >= 11 is 0. The maximum Gasteiger partial charge on any atom is 0.228 e. The van der Waals surface area contributed by atoms with Crippen LogP contribution in [0.5, 0.6) is 0 Å². The Balaban J connectivity index is 1.35. The summed E-state index contributed by atoms with van der Waals surface area (Å²) in [7, 11) is 0. The van der Waals surface area contributed by atoms with Gasteiger partial charge in [-0.25, -0.2) is 9.97 Å². The summed E-state index contributed by atoms with van der Waals surface area (Å²) in [5.74, 6) is 2.41. The van der Waals surface area contributed by atoms with Crippen molar-refractivity contribution in [2.75, 3.05) is 24.5 Å². The molecule has 1 aliphatic carbocycles. The van der Waals surface area contributed by atoms with E-state index < -0.39 is 0 Å². The first kappa shape index (κ1) is 21.1. The van der Waals surface area contributed by atoms with Crippen molar-refractivity contribution in [3.63, 3.8) is 0 Å². The highest BCUT2D eigenvalue weighted by atomic mass is 16.2. The van der Waals surface area contributed by atoms with E-state index in [-0.39, 0.29) is 17.7 Å². The standard InChI is InChI=1S/C26H32N4O2/c1-18-22-11-12-23(31)30(16-13-19-7-3-2-4-8-19)25(22)28-24(27-18)21-14-15-29(17-21)26(32)20-9-5-6-10-20/h2-4,7-8,20-21H,5-6,9-17H2,1H3/t21-/m0/s1. The zero-order valence-corrected chi connectivity index (χ0v) is 18.9. The maximum atomic E-state index is 12.9. The highest BCUT2D eigenvalue weighted by molar-refractivity contribution is 5.95. The van der Waals surface area contributed by atoms with Gasteiger partial charge in [0.2, 0.25) is 11.8 Å². The second-order valence-corrected chi connectivity index (χ2v) is 9.50. The summed E-state index contributed by atoms with van der Waals surface area (Å²) < 4.78 is 0. The Hall–Kier alpha value is -2.76. The molecule has 6 heteroatoms. The predicted molar refractivity (Wildman–Crippen MR) is 123 cm³/mol. The van der Waals surface area contributed by atoms with Crippen LogP contribution in [0.1, 0.15) is 67.1 Å². The molecule has 0 spiro atoms. The molecule has 0 radical (unpaired) electrons. The highest BCUT2D eigenvalue weighted by Gasteiger charge is 2.35. The van der Waals surface area contributed by atoms with E-state index in [2.05, 4.69) is 12.1 Å². The van der Waals surface area contributed by atoms with Crippen molar-refractivity contribution in [2.24, 2.45) is 5.92 Å². The maximum absolute atomic E-state index is 12.9. The lowest BCUT2D eigenvalue weighted by atomic mass is 10.0. The lowest BCUT2D eigenvalue weighted by Crippen LogP contribution is -2.38. The van der Waals surface area contributed by atoms with Crippen molar-refractivity contribution in [3.05, 3.63) is 53.0 Å². The number of rotatable bonds is 5. The minimum absolute atomic E-state index is 0.141. The van der Waals surface area contributed by atoms with E-state index in [1.165, 1.54) is 18.4 Å². The van der Waals surface area contributed by atoms with Crippen LogP contribution in [0, 0.1) is 12.8 Å². The van der Waals surface area contributed by atoms with Gasteiger partial charge in [-0.2, -0.15) is 0 Å². The average Bonchev–Trinajstić information content (AvgIpc) is 3.51. The van der Waals surface area contributed by atoms with Crippen LogP contribution in [0.2, 0.25) is 0 Å². The van der Waals surface area contributed by atoms with Crippen molar-refractivity contribution in [1.82, 2.24) is 14.9 Å². The Morgan fingerprint density at radius 2 is 1.84 bits per heavy atom. The summed E-state index contributed by atoms with van der Waals surface area (Å²) in [5.41, 5.74) is 3.29. The number of hydrogen-bond donors (Lipinski definition) is 0. The number of carbonyl (C=O) groups is 2. The number of hydrogen-bond acceptors (Lipinski definition) is 4. The first-order chi connectivity index (χ1) is 15.6. The topological polar surface area (TPSA) is 66.4 Å². The molecule has 6 nitrogen and oxygen atoms in total. The molecule has 1 aromatic carbocycles. The second kappa shape index (κ2) is 9.00. The van der Waals surface area contributed by atoms with Gasteiger partial charge >= 0.3 is 0 Å². The number of aromatic nitrogens is 2. The van der Waals surface area contributed by atoms with Gasteiger partial charge in [0.1, 0.15) is 11.6 Å². The molecule has 1 saturated heterocycles. The van der Waals surface area contributed by atoms with Gasteiger partial charge in [-0.15, -0.1) is 0 Å². The van der Waals surface area contributed by atoms with Gasteiger partial charge in [0.05, 0.1) is 0 Å². The van der Waals surface area contributed by atoms with Crippen LogP contribution in [-0.4, -0.2) is 46.3 Å². The third-order valence-electron chi connectivity index (χ3n) is 7.39. The minimum atomic E-state index is 0.141. The average molecular weight is 433 g/mol. The molecular formula is C26H32N4O2. The highest BCUT2D eigenvalue weighted by Crippen LogP contribution is 2.34. The molecule has 0 unspecified atom stereocenters. The molecule has 1 atom stereocenters. The molecule has 168 valence electrons. The third-order valence-corrected chi connectivity index (χ3v) is 7.39. The molecule has 1 saturated carbocycles. The van der Waals surface area contributed by atoms with Gasteiger partial charge in [0.15, 0.2) is 0 Å². The lowest BCUT2D eigenvalue weighted by molar-refractivity contribution is -0.134. The fraction of sp³-hybridized carbons (Fsp3) is 0.538. The number of nitrogens with zero attached hydrogens (tertiary/aromatic N) is 4. The van der Waals surface area contributed by atoms with E-state index in [9.17, 15) is 9.59 Å². The number of amides is 2. The van der Waals surface area contributed by atoms with Crippen LogP contribution >= 0.6 is 0 Å². The largest absolute Gasteiger partial charge is 0.342 e.